The van der Waals surface area contributed by atoms with E-state index in [4.69, 9.17) is 9.47 Å². The summed E-state index contributed by atoms with van der Waals surface area (Å²) in [7, 11) is 0. The zero-order valence-corrected chi connectivity index (χ0v) is 10.1. The topological polar surface area (TPSA) is 85.5 Å². The van der Waals surface area contributed by atoms with Crippen LogP contribution < -0.4 is 5.56 Å². The minimum absolute atomic E-state index is 0.118. The first-order chi connectivity index (χ1) is 8.47. The largest absolute Gasteiger partial charge is 0.460 e. The minimum Gasteiger partial charge on any atom is -0.460 e. The maximum Gasteiger partial charge on any atom is 0.347 e. The molecule has 0 amide bonds. The summed E-state index contributed by atoms with van der Waals surface area (Å²) >= 11 is 0. The van der Waals surface area contributed by atoms with Gasteiger partial charge in [-0.2, -0.15) is 0 Å². The van der Waals surface area contributed by atoms with E-state index in [1.165, 1.54) is 6.07 Å². The molecule has 1 N–H and O–H groups in total. The molecule has 0 aromatic carbocycles. The number of carbonyl (C=O) groups is 2. The summed E-state index contributed by atoms with van der Waals surface area (Å²) in [5.41, 5.74) is -0.00202. The van der Waals surface area contributed by atoms with Crippen molar-refractivity contribution in [3.63, 3.8) is 0 Å². The summed E-state index contributed by atoms with van der Waals surface area (Å²) in [6.45, 7) is 3.41. The molecule has 2 atom stereocenters. The van der Waals surface area contributed by atoms with Crippen LogP contribution in [0.3, 0.4) is 0 Å². The van der Waals surface area contributed by atoms with Crippen molar-refractivity contribution in [1.82, 2.24) is 4.98 Å². The van der Waals surface area contributed by atoms with E-state index >= 15 is 0 Å². The first-order valence-electron chi connectivity index (χ1n) is 5.59. The molecule has 1 fully saturated rings. The molecular formula is C12H13NO5. The Labute approximate surface area is 103 Å². The van der Waals surface area contributed by atoms with Crippen LogP contribution in [0.4, 0.5) is 0 Å². The number of H-pyrrole nitrogens is 1. The van der Waals surface area contributed by atoms with Crippen LogP contribution in [-0.4, -0.2) is 29.1 Å². The normalized spacial score (nSPS) is 22.7. The van der Waals surface area contributed by atoms with E-state index in [1.807, 2.05) is 0 Å². The molecule has 2 rings (SSSR count). The van der Waals surface area contributed by atoms with Crippen LogP contribution in [0.1, 0.15) is 29.4 Å². The molecule has 6 nitrogen and oxygen atoms in total. The zero-order valence-electron chi connectivity index (χ0n) is 10.1. The lowest BCUT2D eigenvalue weighted by Gasteiger charge is -2.07. The maximum absolute atomic E-state index is 11.7. The number of aromatic nitrogens is 1. The van der Waals surface area contributed by atoms with Gasteiger partial charge in [0.15, 0.2) is 0 Å². The molecule has 0 radical (unpaired) electrons. The Bertz CT molecular complexity index is 548. The predicted molar refractivity (Wildman–Crippen MR) is 61.2 cm³/mol. The first-order valence-corrected chi connectivity index (χ1v) is 5.59. The van der Waals surface area contributed by atoms with Gasteiger partial charge in [-0.25, -0.2) is 9.59 Å². The Hall–Kier alpha value is -2.11. The van der Waals surface area contributed by atoms with E-state index < -0.39 is 23.6 Å². The highest BCUT2D eigenvalue weighted by Crippen LogP contribution is 2.18. The first kappa shape index (κ1) is 12.3. The van der Waals surface area contributed by atoms with Gasteiger partial charge in [-0.05, 0) is 26.0 Å². The second kappa shape index (κ2) is 4.64. The third kappa shape index (κ3) is 2.42. The summed E-state index contributed by atoms with van der Waals surface area (Å²) in [5.74, 6) is -1.38. The molecule has 0 saturated carbocycles. The highest BCUT2D eigenvalue weighted by Gasteiger charge is 2.35. The predicted octanol–water partition coefficient (Wildman–Crippen LogP) is 0.544. The van der Waals surface area contributed by atoms with Crippen LogP contribution in [0.15, 0.2) is 16.9 Å². The van der Waals surface area contributed by atoms with E-state index in [1.54, 1.807) is 19.9 Å². The fourth-order valence-corrected chi connectivity index (χ4v) is 1.74. The molecule has 0 spiro atoms. The summed E-state index contributed by atoms with van der Waals surface area (Å²) in [5, 5.41) is 0. The number of cyclic esters (lactones) is 1. The Morgan fingerprint density at radius 3 is 2.72 bits per heavy atom. The van der Waals surface area contributed by atoms with Gasteiger partial charge in [0.2, 0.25) is 6.10 Å². The van der Waals surface area contributed by atoms with Crippen molar-refractivity contribution in [2.45, 2.75) is 32.5 Å². The Morgan fingerprint density at radius 2 is 2.17 bits per heavy atom. The number of rotatable bonds is 2. The third-order valence-corrected chi connectivity index (χ3v) is 2.65. The van der Waals surface area contributed by atoms with Crippen molar-refractivity contribution in [1.29, 1.82) is 0 Å². The van der Waals surface area contributed by atoms with Crippen molar-refractivity contribution >= 4 is 11.9 Å². The van der Waals surface area contributed by atoms with Crippen LogP contribution in [0.25, 0.3) is 0 Å². The van der Waals surface area contributed by atoms with Gasteiger partial charge in [-0.3, -0.25) is 4.79 Å². The van der Waals surface area contributed by atoms with Crippen LogP contribution >= 0.6 is 0 Å². The molecule has 6 heteroatoms. The highest BCUT2D eigenvalue weighted by molar-refractivity contribution is 5.91. The molecule has 1 aliphatic rings. The standard InChI is InChI=1S/C12H13NO5/c1-6-3-4-8(10(14)13-6)11(15)18-9-5-7(2)17-12(9)16/h3-4,7,9H,5H2,1-2H3,(H,13,14)/t7-,9+/m0/s1. The lowest BCUT2D eigenvalue weighted by molar-refractivity contribution is -0.147. The Balaban J connectivity index is 2.13. The van der Waals surface area contributed by atoms with Gasteiger partial charge in [0.05, 0.1) is 0 Å². The molecular weight excluding hydrogens is 238 g/mol. The average Bonchev–Trinajstić information content (AvgIpc) is 2.57. The van der Waals surface area contributed by atoms with Gasteiger partial charge in [-0.15, -0.1) is 0 Å². The summed E-state index contributed by atoms with van der Waals surface area (Å²) in [6.07, 6.45) is -0.881. The fraction of sp³-hybridized carbons (Fsp3) is 0.417. The minimum atomic E-state index is -0.923. The lowest BCUT2D eigenvalue weighted by atomic mass is 10.2. The average molecular weight is 251 g/mol. The SMILES string of the molecule is Cc1ccc(C(=O)O[C@@H]2C[C@H](C)OC2=O)c(=O)[nH]1. The molecule has 1 aromatic heterocycles. The van der Waals surface area contributed by atoms with E-state index in [-0.39, 0.29) is 11.7 Å². The summed E-state index contributed by atoms with van der Waals surface area (Å²) < 4.78 is 9.83. The second-order valence-corrected chi connectivity index (χ2v) is 4.26. The Kier molecular flexibility index (Phi) is 3.18. The van der Waals surface area contributed by atoms with Crippen molar-refractivity contribution < 1.29 is 19.1 Å². The molecule has 1 aromatic rings. The summed E-state index contributed by atoms with van der Waals surface area (Å²) in [4.78, 5) is 37.1. The van der Waals surface area contributed by atoms with E-state index in [0.29, 0.717) is 12.1 Å². The monoisotopic (exact) mass is 251 g/mol. The van der Waals surface area contributed by atoms with Crippen molar-refractivity contribution in [3.8, 4) is 0 Å². The number of hydrogen-bond donors (Lipinski definition) is 1. The van der Waals surface area contributed by atoms with Gasteiger partial charge in [0, 0.05) is 12.1 Å². The number of ether oxygens (including phenoxy) is 2. The van der Waals surface area contributed by atoms with Crippen molar-refractivity contribution in [3.05, 3.63) is 33.7 Å². The quantitative estimate of drug-likeness (QED) is 0.775. The number of pyridine rings is 1. The molecule has 2 heterocycles. The van der Waals surface area contributed by atoms with E-state index in [0.717, 1.165) is 0 Å². The number of aromatic amines is 1. The lowest BCUT2D eigenvalue weighted by Crippen LogP contribution is -2.27. The molecule has 0 aliphatic carbocycles. The number of esters is 2. The number of aryl methyl sites for hydroxylation is 1. The van der Waals surface area contributed by atoms with Gasteiger partial charge >= 0.3 is 11.9 Å². The van der Waals surface area contributed by atoms with Crippen LogP contribution in [0.5, 0.6) is 0 Å². The van der Waals surface area contributed by atoms with E-state index in [9.17, 15) is 14.4 Å². The smallest absolute Gasteiger partial charge is 0.347 e. The number of nitrogens with one attached hydrogen (secondary N) is 1. The van der Waals surface area contributed by atoms with Crippen molar-refractivity contribution in [2.24, 2.45) is 0 Å². The Morgan fingerprint density at radius 1 is 1.44 bits per heavy atom. The van der Waals surface area contributed by atoms with Gasteiger partial charge < -0.3 is 14.5 Å². The fourth-order valence-electron chi connectivity index (χ4n) is 1.74. The molecule has 96 valence electrons. The van der Waals surface area contributed by atoms with Gasteiger partial charge in [0.1, 0.15) is 11.7 Å². The maximum atomic E-state index is 11.7. The van der Waals surface area contributed by atoms with Crippen LogP contribution in [0, 0.1) is 6.92 Å². The molecule has 0 bridgehead atoms. The molecule has 18 heavy (non-hydrogen) atoms. The summed E-state index contributed by atoms with van der Waals surface area (Å²) in [6, 6.07) is 2.97. The van der Waals surface area contributed by atoms with Crippen LogP contribution in [0.2, 0.25) is 0 Å². The highest BCUT2D eigenvalue weighted by atomic mass is 16.6. The molecule has 0 unspecified atom stereocenters. The third-order valence-electron chi connectivity index (χ3n) is 2.65. The van der Waals surface area contributed by atoms with Gasteiger partial charge in [-0.1, -0.05) is 0 Å². The molecule has 1 aliphatic heterocycles. The second-order valence-electron chi connectivity index (χ2n) is 4.26. The van der Waals surface area contributed by atoms with Crippen molar-refractivity contribution in [2.75, 3.05) is 0 Å². The van der Waals surface area contributed by atoms with E-state index in [2.05, 4.69) is 4.98 Å². The molecule has 1 saturated heterocycles. The van der Waals surface area contributed by atoms with Gasteiger partial charge in [0.25, 0.3) is 5.56 Å². The zero-order chi connectivity index (χ0) is 13.3. The number of hydrogen-bond acceptors (Lipinski definition) is 5. The number of carbonyl (C=O) groups excluding carboxylic acids is 2. The van der Waals surface area contributed by atoms with Crippen LogP contribution in [-0.2, 0) is 14.3 Å².